The Kier molecular flexibility index (Phi) is 5.75. The number of nitro groups is 1. The first-order chi connectivity index (χ1) is 14.9. The number of fused-ring (bicyclic) bond motifs is 1. The van der Waals surface area contributed by atoms with Crippen molar-refractivity contribution in [2.24, 2.45) is 0 Å². The van der Waals surface area contributed by atoms with E-state index in [2.05, 4.69) is 10.3 Å². The van der Waals surface area contributed by atoms with E-state index in [1.54, 1.807) is 42.5 Å². The van der Waals surface area contributed by atoms with Gasteiger partial charge in [0.25, 0.3) is 5.91 Å². The molecule has 0 aliphatic heterocycles. The Morgan fingerprint density at radius 1 is 1.13 bits per heavy atom. The molecule has 0 radical (unpaired) electrons. The number of carbonyl (C=O) groups excluding carboxylic acids is 1. The molecule has 3 aromatic carbocycles. The third kappa shape index (κ3) is 4.60. The minimum atomic E-state index is -0.573. The molecule has 156 valence electrons. The third-order valence-electron chi connectivity index (χ3n) is 4.25. The fraction of sp³-hybridized carbons (Fsp3) is 0.0476. The molecule has 1 amide bonds. The highest BCUT2D eigenvalue weighted by Crippen LogP contribution is 2.32. The van der Waals surface area contributed by atoms with Crippen LogP contribution in [0.4, 0.5) is 11.4 Å². The minimum Gasteiger partial charge on any atom is -0.477 e. The quantitative estimate of drug-likeness (QED) is 0.292. The predicted molar refractivity (Wildman–Crippen MR) is 117 cm³/mol. The van der Waals surface area contributed by atoms with Crippen molar-refractivity contribution in [3.8, 4) is 17.2 Å². The van der Waals surface area contributed by atoms with Gasteiger partial charge in [0.1, 0.15) is 5.52 Å². The number of oxazole rings is 1. The monoisotopic (exact) mass is 457 g/mol. The first-order valence-corrected chi connectivity index (χ1v) is 9.68. The number of benzene rings is 3. The number of aromatic nitrogens is 1. The maximum atomic E-state index is 12.2. The number of halogens is 2. The summed E-state index contributed by atoms with van der Waals surface area (Å²) in [5.41, 5.74) is 1.86. The molecule has 0 atom stereocenters. The molecular formula is C21H13Cl2N3O5. The van der Waals surface area contributed by atoms with Crippen molar-refractivity contribution in [2.75, 3.05) is 11.9 Å². The fourth-order valence-electron chi connectivity index (χ4n) is 2.85. The number of nitrogens with zero attached hydrogens (tertiary/aromatic N) is 2. The number of nitrogens with one attached hydrogen (secondary N) is 1. The van der Waals surface area contributed by atoms with Crippen LogP contribution in [0, 0.1) is 10.1 Å². The smallest absolute Gasteiger partial charge is 0.310 e. The van der Waals surface area contributed by atoms with Crippen molar-refractivity contribution >= 4 is 51.6 Å². The molecule has 4 aromatic rings. The molecule has 4 rings (SSSR count). The van der Waals surface area contributed by atoms with Gasteiger partial charge in [-0.3, -0.25) is 14.9 Å². The van der Waals surface area contributed by atoms with Gasteiger partial charge in [-0.1, -0.05) is 35.3 Å². The number of hydrogen-bond donors (Lipinski definition) is 1. The zero-order valence-corrected chi connectivity index (χ0v) is 17.2. The van der Waals surface area contributed by atoms with Gasteiger partial charge in [-0.25, -0.2) is 4.98 Å². The van der Waals surface area contributed by atoms with E-state index in [4.69, 9.17) is 32.4 Å². The van der Waals surface area contributed by atoms with Crippen molar-refractivity contribution in [3.05, 3.63) is 80.8 Å². The van der Waals surface area contributed by atoms with Crippen molar-refractivity contribution in [3.63, 3.8) is 0 Å². The van der Waals surface area contributed by atoms with Crippen LogP contribution in [-0.4, -0.2) is 22.4 Å². The van der Waals surface area contributed by atoms with Crippen LogP contribution in [0.2, 0.25) is 10.0 Å². The summed E-state index contributed by atoms with van der Waals surface area (Å²) in [6.07, 6.45) is 0. The Morgan fingerprint density at radius 3 is 2.71 bits per heavy atom. The number of ether oxygens (including phenoxy) is 1. The molecule has 0 spiro atoms. The van der Waals surface area contributed by atoms with Crippen LogP contribution in [0.15, 0.2) is 65.1 Å². The largest absolute Gasteiger partial charge is 0.477 e. The molecule has 10 heteroatoms. The van der Waals surface area contributed by atoms with E-state index in [0.29, 0.717) is 38.3 Å². The standard InChI is InChI=1S/C21H13Cl2N3O5/c22-12-5-7-14(15(23)9-12)21-25-16-10-13(6-8-18(16)31-21)24-20(27)11-30-19-4-2-1-3-17(19)26(28)29/h1-10H,11H2,(H,24,27). The Morgan fingerprint density at radius 2 is 1.94 bits per heavy atom. The predicted octanol–water partition coefficient (Wildman–Crippen LogP) is 5.73. The number of hydrogen-bond acceptors (Lipinski definition) is 6. The second-order valence-corrected chi connectivity index (χ2v) is 7.23. The summed E-state index contributed by atoms with van der Waals surface area (Å²) in [5, 5.41) is 14.6. The average Bonchev–Trinajstić information content (AvgIpc) is 3.15. The molecule has 0 unspecified atom stereocenters. The summed E-state index contributed by atoms with van der Waals surface area (Å²) in [5.74, 6) is -0.152. The highest BCUT2D eigenvalue weighted by Gasteiger charge is 2.16. The Hall–Kier alpha value is -3.62. The molecule has 1 aromatic heterocycles. The van der Waals surface area contributed by atoms with E-state index < -0.39 is 17.4 Å². The summed E-state index contributed by atoms with van der Waals surface area (Å²) in [6.45, 7) is -0.395. The first-order valence-electron chi connectivity index (χ1n) is 8.93. The van der Waals surface area contributed by atoms with Crippen molar-refractivity contribution in [1.29, 1.82) is 0 Å². The van der Waals surface area contributed by atoms with Gasteiger partial charge < -0.3 is 14.5 Å². The number of amides is 1. The maximum Gasteiger partial charge on any atom is 0.310 e. The van der Waals surface area contributed by atoms with Gasteiger partial charge in [0, 0.05) is 16.8 Å². The highest BCUT2D eigenvalue weighted by atomic mass is 35.5. The lowest BCUT2D eigenvalue weighted by atomic mass is 10.2. The number of nitro benzene ring substituents is 1. The van der Waals surface area contributed by atoms with Crippen molar-refractivity contribution in [1.82, 2.24) is 4.98 Å². The lowest BCUT2D eigenvalue weighted by Gasteiger charge is -2.07. The molecular weight excluding hydrogens is 445 g/mol. The molecule has 0 aliphatic rings. The molecule has 1 N–H and O–H groups in total. The molecule has 0 saturated heterocycles. The van der Waals surface area contributed by atoms with Gasteiger partial charge in [0.15, 0.2) is 17.9 Å². The summed E-state index contributed by atoms with van der Waals surface area (Å²) in [7, 11) is 0. The molecule has 0 fully saturated rings. The number of para-hydroxylation sites is 2. The lowest BCUT2D eigenvalue weighted by molar-refractivity contribution is -0.385. The van der Waals surface area contributed by atoms with Gasteiger partial charge in [-0.15, -0.1) is 0 Å². The summed E-state index contributed by atoms with van der Waals surface area (Å²) < 4.78 is 11.0. The van der Waals surface area contributed by atoms with Crippen LogP contribution in [0.1, 0.15) is 0 Å². The van der Waals surface area contributed by atoms with Gasteiger partial charge in [-0.05, 0) is 42.5 Å². The van der Waals surface area contributed by atoms with Crippen LogP contribution in [0.5, 0.6) is 5.75 Å². The maximum absolute atomic E-state index is 12.2. The second-order valence-electron chi connectivity index (χ2n) is 6.39. The Balaban J connectivity index is 1.48. The van der Waals surface area contributed by atoms with Crippen molar-refractivity contribution in [2.45, 2.75) is 0 Å². The van der Waals surface area contributed by atoms with E-state index in [1.807, 2.05) is 0 Å². The summed E-state index contributed by atoms with van der Waals surface area (Å²) in [6, 6.07) is 15.8. The normalized spacial score (nSPS) is 10.8. The zero-order chi connectivity index (χ0) is 22.0. The van der Waals surface area contributed by atoms with E-state index in [0.717, 1.165) is 0 Å². The minimum absolute atomic E-state index is 0.0130. The van der Waals surface area contributed by atoms with Crippen molar-refractivity contribution < 1.29 is 18.9 Å². The lowest BCUT2D eigenvalue weighted by Crippen LogP contribution is -2.20. The summed E-state index contributed by atoms with van der Waals surface area (Å²) >= 11 is 12.1. The SMILES string of the molecule is O=C(COc1ccccc1[N+](=O)[O-])Nc1ccc2oc(-c3ccc(Cl)cc3Cl)nc2c1. The number of carbonyl (C=O) groups is 1. The Labute approximate surface area is 185 Å². The highest BCUT2D eigenvalue weighted by molar-refractivity contribution is 6.36. The molecule has 0 saturated carbocycles. The van der Waals surface area contributed by atoms with E-state index in [9.17, 15) is 14.9 Å². The van der Waals surface area contributed by atoms with Gasteiger partial charge in [-0.2, -0.15) is 0 Å². The molecule has 31 heavy (non-hydrogen) atoms. The zero-order valence-electron chi connectivity index (χ0n) is 15.7. The number of rotatable bonds is 6. The van der Waals surface area contributed by atoms with Crippen LogP contribution in [0.3, 0.4) is 0 Å². The van der Waals surface area contributed by atoms with E-state index in [1.165, 1.54) is 18.2 Å². The summed E-state index contributed by atoms with van der Waals surface area (Å²) in [4.78, 5) is 27.1. The fourth-order valence-corrected chi connectivity index (χ4v) is 3.34. The van der Waals surface area contributed by atoms with Gasteiger partial charge in [0.05, 0.1) is 15.5 Å². The molecule has 0 bridgehead atoms. The third-order valence-corrected chi connectivity index (χ3v) is 4.80. The topological polar surface area (TPSA) is 108 Å². The Bertz CT molecular complexity index is 1310. The van der Waals surface area contributed by atoms with E-state index >= 15 is 0 Å². The first kappa shape index (κ1) is 20.6. The second kappa shape index (κ2) is 8.63. The van der Waals surface area contributed by atoms with Gasteiger partial charge in [0.2, 0.25) is 5.89 Å². The molecule has 8 nitrogen and oxygen atoms in total. The van der Waals surface area contributed by atoms with E-state index in [-0.39, 0.29) is 11.4 Å². The number of anilines is 1. The van der Waals surface area contributed by atoms with Crippen LogP contribution >= 0.6 is 23.2 Å². The van der Waals surface area contributed by atoms with Crippen LogP contribution in [0.25, 0.3) is 22.6 Å². The molecule has 1 heterocycles. The van der Waals surface area contributed by atoms with Crippen LogP contribution in [-0.2, 0) is 4.79 Å². The average molecular weight is 458 g/mol. The van der Waals surface area contributed by atoms with Crippen LogP contribution < -0.4 is 10.1 Å². The molecule has 0 aliphatic carbocycles. The van der Waals surface area contributed by atoms with Gasteiger partial charge >= 0.3 is 5.69 Å².